The van der Waals surface area contributed by atoms with Gasteiger partial charge in [-0.1, -0.05) is 30.3 Å². The van der Waals surface area contributed by atoms with Crippen molar-refractivity contribution in [1.29, 1.82) is 0 Å². The number of hydrogen-bond donors (Lipinski definition) is 4. The number of rotatable bonds is 9. The molecule has 2 aromatic carbocycles. The van der Waals surface area contributed by atoms with Crippen molar-refractivity contribution in [2.45, 2.75) is 79.5 Å². The largest absolute Gasteiger partial charge is 0.433 e. The van der Waals surface area contributed by atoms with Crippen molar-refractivity contribution in [1.82, 2.24) is 0 Å². The lowest BCUT2D eigenvalue weighted by molar-refractivity contribution is -0.384. The normalized spacial score (nSPS) is 35.3. The van der Waals surface area contributed by atoms with Crippen LogP contribution in [-0.4, -0.2) is 114 Å². The highest BCUT2D eigenvalue weighted by atomic mass is 32.2. The maximum absolute atomic E-state index is 12.8. The molecule has 0 aliphatic carbocycles. The summed E-state index contributed by atoms with van der Waals surface area (Å²) in [5, 5.41) is 54.2. The van der Waals surface area contributed by atoms with Crippen LogP contribution in [0, 0.1) is 10.1 Å². The molecule has 0 radical (unpaired) electrons. The Morgan fingerprint density at radius 1 is 0.933 bits per heavy atom. The number of aliphatic hydroxyl groups excluding tert-OH is 4. The van der Waals surface area contributed by atoms with Crippen LogP contribution in [-0.2, 0) is 47.5 Å². The number of ether oxygens (including phenoxy) is 6. The molecule has 5 rings (SSSR count). The molecule has 18 heteroatoms. The predicted molar refractivity (Wildman–Crippen MR) is 144 cm³/mol. The van der Waals surface area contributed by atoms with Crippen LogP contribution in [0.5, 0.6) is 0 Å². The van der Waals surface area contributed by atoms with Gasteiger partial charge in [-0.3, -0.25) is 19.1 Å². The summed E-state index contributed by atoms with van der Waals surface area (Å²) in [7, 11) is -4.56. The molecule has 17 nitrogen and oxygen atoms in total. The summed E-state index contributed by atoms with van der Waals surface area (Å²) in [5.74, 6) is -0.893. The number of aliphatic hydroxyl groups is 4. The zero-order valence-corrected chi connectivity index (χ0v) is 24.3. The fourth-order valence-electron chi connectivity index (χ4n) is 5.05. The molecule has 3 aliphatic rings. The molecular formula is C27H31NO16S. The topological polar surface area (TPSA) is 240 Å². The number of carbonyl (C=O) groups is 1. The second kappa shape index (κ2) is 13.7. The smallest absolute Gasteiger partial charge is 0.305 e. The summed E-state index contributed by atoms with van der Waals surface area (Å²) in [6, 6.07) is 12.7. The second-order valence-electron chi connectivity index (χ2n) is 10.4. The van der Waals surface area contributed by atoms with Gasteiger partial charge in [-0.15, -0.1) is 0 Å². The van der Waals surface area contributed by atoms with Gasteiger partial charge in [-0.2, -0.15) is 8.42 Å². The Kier molecular flexibility index (Phi) is 10.1. The summed E-state index contributed by atoms with van der Waals surface area (Å²) in [5.41, 5.74) is 0.306. The first-order chi connectivity index (χ1) is 21.4. The molecule has 0 aromatic heterocycles. The third kappa shape index (κ3) is 7.31. The van der Waals surface area contributed by atoms with Crippen molar-refractivity contribution < 1.29 is 71.2 Å². The Labute approximate surface area is 256 Å². The van der Waals surface area contributed by atoms with E-state index in [0.717, 1.165) is 31.2 Å². The summed E-state index contributed by atoms with van der Waals surface area (Å²) < 4.78 is 64.3. The van der Waals surface area contributed by atoms with Crippen LogP contribution in [0.25, 0.3) is 0 Å². The zero-order valence-electron chi connectivity index (χ0n) is 23.5. The molecule has 3 saturated heterocycles. The Morgan fingerprint density at radius 3 is 2.24 bits per heavy atom. The molecule has 246 valence electrons. The predicted octanol–water partition coefficient (Wildman–Crippen LogP) is -0.744. The van der Waals surface area contributed by atoms with Gasteiger partial charge in [0.15, 0.2) is 12.6 Å². The molecule has 11 unspecified atom stereocenters. The molecule has 0 amide bonds. The molecule has 4 N–H and O–H groups in total. The first-order valence-corrected chi connectivity index (χ1v) is 15.1. The quantitative estimate of drug-likeness (QED) is 0.112. The first-order valence-electron chi connectivity index (χ1n) is 13.7. The molecule has 3 heterocycles. The Hall–Kier alpha value is -3.14. The van der Waals surface area contributed by atoms with Crippen LogP contribution in [0.15, 0.2) is 59.5 Å². The van der Waals surface area contributed by atoms with E-state index >= 15 is 0 Å². The standard InChI is InChI=1S/C27H31NO16S/c1-13(29)40-26-21(32)19(30)24(18(42-26)12-39-45(36,37)16-9-7-15(8-10-16)28(34)35)44-27-22(33)20(31)23-17(41-27)11-38-25(43-23)14-5-3-2-4-6-14/h2-10,17-27,30-33H,11-12H2,1H3. The van der Waals surface area contributed by atoms with Crippen LogP contribution in [0.2, 0.25) is 0 Å². The molecule has 0 spiro atoms. The Balaban J connectivity index is 1.31. The number of non-ortho nitro benzene ring substituents is 1. The SMILES string of the molecule is CC(=O)OC1OC(COS(=O)(=O)c2ccc([N+](=O)[O-])cc2)C(OC2OC3COC(c4ccccc4)OC3C(O)C2O)C(O)C1O. The van der Waals surface area contributed by atoms with Crippen LogP contribution in [0.3, 0.4) is 0 Å². The van der Waals surface area contributed by atoms with Gasteiger partial charge in [0.2, 0.25) is 6.29 Å². The average Bonchev–Trinajstić information content (AvgIpc) is 3.02. The average molecular weight is 658 g/mol. The van der Waals surface area contributed by atoms with Crippen molar-refractivity contribution in [2.75, 3.05) is 13.2 Å². The summed E-state index contributed by atoms with van der Waals surface area (Å²) in [6.07, 6.45) is -16.7. The molecule has 3 aliphatic heterocycles. The lowest BCUT2D eigenvalue weighted by Crippen LogP contribution is -2.66. The minimum Gasteiger partial charge on any atom is -0.433 e. The fraction of sp³-hybridized carbons (Fsp3) is 0.519. The number of fused-ring (bicyclic) bond motifs is 1. The minimum absolute atomic E-state index is 0.0885. The number of nitrogens with zero attached hydrogens (tertiary/aromatic N) is 1. The highest BCUT2D eigenvalue weighted by Crippen LogP contribution is 2.36. The van der Waals surface area contributed by atoms with Gasteiger partial charge in [0, 0.05) is 24.6 Å². The van der Waals surface area contributed by atoms with Crippen molar-refractivity contribution in [3.63, 3.8) is 0 Å². The highest BCUT2D eigenvalue weighted by Gasteiger charge is 2.53. The summed E-state index contributed by atoms with van der Waals surface area (Å²) in [4.78, 5) is 21.3. The van der Waals surface area contributed by atoms with E-state index in [-0.39, 0.29) is 12.3 Å². The van der Waals surface area contributed by atoms with Gasteiger partial charge < -0.3 is 48.8 Å². The maximum Gasteiger partial charge on any atom is 0.305 e. The van der Waals surface area contributed by atoms with E-state index in [1.54, 1.807) is 30.3 Å². The third-order valence-electron chi connectivity index (χ3n) is 7.34. The third-order valence-corrected chi connectivity index (χ3v) is 8.64. The highest BCUT2D eigenvalue weighted by molar-refractivity contribution is 7.86. The van der Waals surface area contributed by atoms with Crippen LogP contribution in [0.1, 0.15) is 18.8 Å². The van der Waals surface area contributed by atoms with Gasteiger partial charge in [0.25, 0.3) is 15.8 Å². The van der Waals surface area contributed by atoms with Crippen molar-refractivity contribution >= 4 is 21.8 Å². The summed E-state index contributed by atoms with van der Waals surface area (Å²) in [6.45, 7) is 0.0407. The molecule has 3 fully saturated rings. The number of nitro groups is 1. The van der Waals surface area contributed by atoms with E-state index in [4.69, 9.17) is 32.6 Å². The Morgan fingerprint density at radius 2 is 1.60 bits per heavy atom. The molecule has 0 bridgehead atoms. The molecule has 0 saturated carbocycles. The molecule has 2 aromatic rings. The van der Waals surface area contributed by atoms with Gasteiger partial charge in [0.1, 0.15) is 48.8 Å². The molecular weight excluding hydrogens is 626 g/mol. The van der Waals surface area contributed by atoms with Gasteiger partial charge >= 0.3 is 5.97 Å². The second-order valence-corrected chi connectivity index (χ2v) is 12.0. The van der Waals surface area contributed by atoms with Gasteiger partial charge in [-0.05, 0) is 12.1 Å². The monoisotopic (exact) mass is 657 g/mol. The van der Waals surface area contributed by atoms with E-state index in [1.807, 2.05) is 0 Å². The van der Waals surface area contributed by atoms with E-state index in [9.17, 15) is 43.8 Å². The van der Waals surface area contributed by atoms with E-state index in [1.165, 1.54) is 0 Å². The minimum atomic E-state index is -4.56. The number of benzene rings is 2. The van der Waals surface area contributed by atoms with E-state index < -0.39 is 100 Å². The number of esters is 1. The number of nitro benzene ring substituents is 1. The lowest BCUT2D eigenvalue weighted by Gasteiger charge is -2.48. The maximum atomic E-state index is 12.8. The van der Waals surface area contributed by atoms with E-state index in [2.05, 4.69) is 0 Å². The fourth-order valence-corrected chi connectivity index (χ4v) is 5.97. The lowest BCUT2D eigenvalue weighted by atomic mass is 9.96. The first kappa shape index (κ1) is 33.2. The van der Waals surface area contributed by atoms with Crippen molar-refractivity contribution in [2.24, 2.45) is 0 Å². The number of hydrogen-bond acceptors (Lipinski definition) is 16. The number of carbonyl (C=O) groups excluding carboxylic acids is 1. The van der Waals surface area contributed by atoms with Crippen LogP contribution >= 0.6 is 0 Å². The van der Waals surface area contributed by atoms with Crippen LogP contribution < -0.4 is 0 Å². The van der Waals surface area contributed by atoms with Crippen LogP contribution in [0.4, 0.5) is 5.69 Å². The zero-order chi connectivity index (χ0) is 32.5. The van der Waals surface area contributed by atoms with Crippen molar-refractivity contribution in [3.8, 4) is 0 Å². The molecule has 45 heavy (non-hydrogen) atoms. The Bertz CT molecular complexity index is 1440. The van der Waals surface area contributed by atoms with E-state index in [0.29, 0.717) is 5.56 Å². The molecule has 11 atom stereocenters. The van der Waals surface area contributed by atoms with Gasteiger partial charge in [-0.25, -0.2) is 0 Å². The van der Waals surface area contributed by atoms with Crippen molar-refractivity contribution in [3.05, 3.63) is 70.3 Å². The summed E-state index contributed by atoms with van der Waals surface area (Å²) >= 11 is 0. The van der Waals surface area contributed by atoms with Gasteiger partial charge in [0.05, 0.1) is 23.0 Å².